The molecule has 0 fully saturated rings. The van der Waals surface area contributed by atoms with Gasteiger partial charge < -0.3 is 19.9 Å². The summed E-state index contributed by atoms with van der Waals surface area (Å²) in [6.07, 6.45) is 0. The third-order valence-corrected chi connectivity index (χ3v) is 1.89. The predicted octanol–water partition coefficient (Wildman–Crippen LogP) is 0.383. The molecule has 0 radical (unpaired) electrons. The smallest absolute Gasteiger partial charge is 0.253 e. The lowest BCUT2D eigenvalue weighted by atomic mass is 10.2. The molecule has 0 aliphatic carbocycles. The molecule has 15 heavy (non-hydrogen) atoms. The number of carbonyl (C=O) groups excluding carboxylic acids is 1. The van der Waals surface area contributed by atoms with Gasteiger partial charge in [-0.05, 0) is 18.2 Å². The second-order valence-corrected chi connectivity index (χ2v) is 2.73. The van der Waals surface area contributed by atoms with Crippen LogP contribution in [0.4, 0.5) is 0 Å². The quantitative estimate of drug-likeness (QED) is 0.707. The summed E-state index contributed by atoms with van der Waals surface area (Å²) in [5.41, 5.74) is 0.404. The average Bonchev–Trinajstić information content (AvgIpc) is 2.28. The van der Waals surface area contributed by atoms with Gasteiger partial charge in [0.25, 0.3) is 5.91 Å². The van der Waals surface area contributed by atoms with Gasteiger partial charge in [0, 0.05) is 5.56 Å². The van der Waals surface area contributed by atoms with Crippen LogP contribution >= 0.6 is 0 Å². The third-order valence-electron chi connectivity index (χ3n) is 1.89. The lowest BCUT2D eigenvalue weighted by molar-refractivity contribution is 0.0910. The molecule has 5 heteroatoms. The first kappa shape index (κ1) is 11.3. The Bertz CT molecular complexity index is 351. The summed E-state index contributed by atoms with van der Waals surface area (Å²) < 4.78 is 10.1. The van der Waals surface area contributed by atoms with Crippen molar-refractivity contribution in [2.24, 2.45) is 0 Å². The van der Waals surface area contributed by atoms with Gasteiger partial charge in [-0.15, -0.1) is 0 Å². The zero-order chi connectivity index (χ0) is 11.3. The van der Waals surface area contributed by atoms with Crippen LogP contribution in [0.2, 0.25) is 0 Å². The summed E-state index contributed by atoms with van der Waals surface area (Å²) in [5, 5.41) is 10.8. The Morgan fingerprint density at radius 2 is 2.00 bits per heavy atom. The first-order valence-corrected chi connectivity index (χ1v) is 4.34. The van der Waals surface area contributed by atoms with Gasteiger partial charge in [-0.2, -0.15) is 0 Å². The fourth-order valence-corrected chi connectivity index (χ4v) is 1.15. The zero-order valence-electron chi connectivity index (χ0n) is 8.61. The van der Waals surface area contributed by atoms with E-state index in [4.69, 9.17) is 14.6 Å². The summed E-state index contributed by atoms with van der Waals surface area (Å²) in [4.78, 5) is 11.3. The van der Waals surface area contributed by atoms with Gasteiger partial charge in [-0.1, -0.05) is 0 Å². The first-order valence-electron chi connectivity index (χ1n) is 4.34. The molecule has 5 nitrogen and oxygen atoms in total. The van der Waals surface area contributed by atoms with Gasteiger partial charge in [0.1, 0.15) is 6.73 Å². The van der Waals surface area contributed by atoms with E-state index in [1.807, 2.05) is 0 Å². The number of amides is 1. The maximum atomic E-state index is 11.3. The molecule has 2 N–H and O–H groups in total. The summed E-state index contributed by atoms with van der Waals surface area (Å²) in [6, 6.07) is 4.77. The summed E-state index contributed by atoms with van der Waals surface area (Å²) in [6.45, 7) is -0.396. The fraction of sp³-hybridized carbons (Fsp3) is 0.300. The number of rotatable bonds is 4. The average molecular weight is 211 g/mol. The topological polar surface area (TPSA) is 67.8 Å². The number of nitrogens with one attached hydrogen (secondary N) is 1. The lowest BCUT2D eigenvalue weighted by Crippen LogP contribution is -2.23. The minimum atomic E-state index is -0.396. The third kappa shape index (κ3) is 2.60. The second kappa shape index (κ2) is 5.21. The van der Waals surface area contributed by atoms with Gasteiger partial charge in [0.15, 0.2) is 11.5 Å². The van der Waals surface area contributed by atoms with Gasteiger partial charge in [-0.3, -0.25) is 4.79 Å². The van der Waals surface area contributed by atoms with Crippen LogP contribution in [0.15, 0.2) is 18.2 Å². The number of hydrogen-bond acceptors (Lipinski definition) is 4. The van der Waals surface area contributed by atoms with Gasteiger partial charge in [-0.25, -0.2) is 0 Å². The van der Waals surface area contributed by atoms with Crippen molar-refractivity contribution in [3.05, 3.63) is 23.8 Å². The second-order valence-electron chi connectivity index (χ2n) is 2.73. The number of carbonyl (C=O) groups is 1. The molecule has 0 spiro atoms. The van der Waals surface area contributed by atoms with Crippen LogP contribution < -0.4 is 14.8 Å². The molecule has 0 atom stereocenters. The molecular formula is C10H13NO4. The highest BCUT2D eigenvalue weighted by Crippen LogP contribution is 2.27. The van der Waals surface area contributed by atoms with E-state index in [0.717, 1.165) is 0 Å². The fourth-order valence-electron chi connectivity index (χ4n) is 1.15. The van der Waals surface area contributed by atoms with Crippen LogP contribution in [-0.4, -0.2) is 32.0 Å². The van der Waals surface area contributed by atoms with Crippen molar-refractivity contribution in [2.75, 3.05) is 21.0 Å². The van der Waals surface area contributed by atoms with Crippen LogP contribution in [0, 0.1) is 0 Å². The van der Waals surface area contributed by atoms with Gasteiger partial charge >= 0.3 is 0 Å². The lowest BCUT2D eigenvalue weighted by Gasteiger charge is -2.08. The molecule has 0 saturated heterocycles. The summed E-state index contributed by atoms with van der Waals surface area (Å²) >= 11 is 0. The van der Waals surface area contributed by atoms with E-state index in [1.165, 1.54) is 14.2 Å². The van der Waals surface area contributed by atoms with Crippen molar-refractivity contribution in [2.45, 2.75) is 0 Å². The van der Waals surface area contributed by atoms with Crippen molar-refractivity contribution in [1.82, 2.24) is 5.32 Å². The predicted molar refractivity (Wildman–Crippen MR) is 54.1 cm³/mol. The van der Waals surface area contributed by atoms with Gasteiger partial charge in [0.2, 0.25) is 0 Å². The number of hydrogen-bond donors (Lipinski definition) is 2. The summed E-state index contributed by atoms with van der Waals surface area (Å²) in [7, 11) is 3.01. The Balaban J connectivity index is 2.97. The van der Waals surface area contributed by atoms with Gasteiger partial charge in [0.05, 0.1) is 14.2 Å². The molecule has 0 heterocycles. The normalized spacial score (nSPS) is 9.53. The standard InChI is InChI=1S/C10H13NO4/c1-14-8-4-3-7(5-9(8)15-2)10(13)11-6-12/h3-5,12H,6H2,1-2H3,(H,11,13). The van der Waals surface area contributed by atoms with E-state index in [0.29, 0.717) is 17.1 Å². The first-order chi connectivity index (χ1) is 7.22. The minimum Gasteiger partial charge on any atom is -0.493 e. The number of ether oxygens (including phenoxy) is 2. The molecule has 1 amide bonds. The van der Waals surface area contributed by atoms with Crippen molar-refractivity contribution >= 4 is 5.91 Å². The Morgan fingerprint density at radius 1 is 1.33 bits per heavy atom. The Morgan fingerprint density at radius 3 is 2.53 bits per heavy atom. The highest BCUT2D eigenvalue weighted by atomic mass is 16.5. The molecule has 0 aliphatic rings. The van der Waals surface area contributed by atoms with Crippen molar-refractivity contribution in [1.29, 1.82) is 0 Å². The monoisotopic (exact) mass is 211 g/mol. The van der Waals surface area contributed by atoms with Crippen molar-refractivity contribution < 1.29 is 19.4 Å². The molecule has 0 aromatic heterocycles. The Labute approximate surface area is 87.6 Å². The number of aliphatic hydroxyl groups excluding tert-OH is 1. The van der Waals surface area contributed by atoms with Crippen LogP contribution in [-0.2, 0) is 0 Å². The van der Waals surface area contributed by atoms with Crippen LogP contribution in [0.3, 0.4) is 0 Å². The van der Waals surface area contributed by atoms with E-state index in [1.54, 1.807) is 18.2 Å². The minimum absolute atomic E-state index is 0.363. The SMILES string of the molecule is COc1ccc(C(=O)NCO)cc1OC. The molecule has 0 aliphatic heterocycles. The van der Waals surface area contributed by atoms with Crippen molar-refractivity contribution in [3.8, 4) is 11.5 Å². The molecule has 1 aromatic rings. The molecule has 1 rings (SSSR count). The van der Waals surface area contributed by atoms with Crippen molar-refractivity contribution in [3.63, 3.8) is 0 Å². The number of benzene rings is 1. The Kier molecular flexibility index (Phi) is 3.93. The zero-order valence-corrected chi connectivity index (χ0v) is 8.61. The van der Waals surface area contributed by atoms with E-state index in [9.17, 15) is 4.79 Å². The van der Waals surface area contributed by atoms with Crippen LogP contribution in [0.1, 0.15) is 10.4 Å². The molecular weight excluding hydrogens is 198 g/mol. The van der Waals surface area contributed by atoms with Crippen LogP contribution in [0.5, 0.6) is 11.5 Å². The molecule has 0 unspecified atom stereocenters. The molecule has 0 bridgehead atoms. The maximum absolute atomic E-state index is 11.3. The number of aliphatic hydroxyl groups is 1. The Hall–Kier alpha value is -1.75. The molecule has 1 aromatic carbocycles. The number of methoxy groups -OCH3 is 2. The summed E-state index contributed by atoms with van der Waals surface area (Å²) in [5.74, 6) is 0.666. The van der Waals surface area contributed by atoms with E-state index < -0.39 is 6.73 Å². The molecule has 0 saturated carbocycles. The highest BCUT2D eigenvalue weighted by Gasteiger charge is 2.09. The largest absolute Gasteiger partial charge is 0.493 e. The van der Waals surface area contributed by atoms with E-state index in [2.05, 4.69) is 5.32 Å². The maximum Gasteiger partial charge on any atom is 0.253 e. The van der Waals surface area contributed by atoms with E-state index >= 15 is 0 Å². The highest BCUT2D eigenvalue weighted by molar-refractivity contribution is 5.94. The van der Waals surface area contributed by atoms with E-state index in [-0.39, 0.29) is 5.91 Å². The van der Waals surface area contributed by atoms with Crippen LogP contribution in [0.25, 0.3) is 0 Å². The molecule has 82 valence electrons.